The average Bonchev–Trinajstić information content (AvgIpc) is 3.16. The molecule has 0 unspecified atom stereocenters. The molecule has 1 amide bonds. The Morgan fingerprint density at radius 2 is 2.07 bits per heavy atom. The van der Waals surface area contributed by atoms with Crippen LogP contribution >= 0.6 is 27.3 Å². The first-order chi connectivity index (χ1) is 13.3. The molecular formula is C20H18BrF3N2OS. The lowest BCUT2D eigenvalue weighted by atomic mass is 9.85. The van der Waals surface area contributed by atoms with E-state index in [1.165, 1.54) is 12.5 Å². The van der Waals surface area contributed by atoms with Crippen molar-refractivity contribution in [3.05, 3.63) is 57.0 Å². The van der Waals surface area contributed by atoms with E-state index in [0.717, 1.165) is 46.2 Å². The predicted octanol–water partition coefficient (Wildman–Crippen LogP) is 6.21. The number of hydrogen-bond acceptors (Lipinski definition) is 2. The van der Waals surface area contributed by atoms with E-state index in [0.29, 0.717) is 17.2 Å². The van der Waals surface area contributed by atoms with E-state index < -0.39 is 11.7 Å². The number of nitrogens with one attached hydrogen (secondary N) is 1. The molecule has 1 aliphatic rings. The van der Waals surface area contributed by atoms with Crippen LogP contribution in [0.4, 0.5) is 13.2 Å². The summed E-state index contributed by atoms with van der Waals surface area (Å²) < 4.78 is 42.6. The first-order valence-electron chi connectivity index (χ1n) is 9.03. The largest absolute Gasteiger partial charge is 0.416 e. The average molecular weight is 471 g/mol. The minimum Gasteiger partial charge on any atom is -0.347 e. The number of halogens is 4. The minimum absolute atomic E-state index is 0.0478. The molecule has 8 heteroatoms. The van der Waals surface area contributed by atoms with Gasteiger partial charge in [0, 0.05) is 18.5 Å². The highest BCUT2D eigenvalue weighted by Gasteiger charge is 2.30. The summed E-state index contributed by atoms with van der Waals surface area (Å²) in [5, 5.41) is 4.78. The van der Waals surface area contributed by atoms with Gasteiger partial charge in [-0.2, -0.15) is 13.2 Å². The molecule has 0 radical (unpaired) electrons. The molecule has 1 N–H and O–H groups in total. The number of fused-ring (bicyclic) bond motifs is 1. The number of thiophene rings is 1. The van der Waals surface area contributed by atoms with E-state index in [-0.39, 0.29) is 12.5 Å². The van der Waals surface area contributed by atoms with Gasteiger partial charge in [-0.05, 0) is 58.5 Å². The fraction of sp³-hybridized carbons (Fsp3) is 0.350. The van der Waals surface area contributed by atoms with Crippen LogP contribution in [0.3, 0.4) is 0 Å². The van der Waals surface area contributed by atoms with Gasteiger partial charge in [0.2, 0.25) is 0 Å². The predicted molar refractivity (Wildman–Crippen MR) is 107 cm³/mol. The van der Waals surface area contributed by atoms with Crippen LogP contribution in [-0.4, -0.2) is 10.5 Å². The molecule has 0 aliphatic heterocycles. The summed E-state index contributed by atoms with van der Waals surface area (Å²) >= 11 is 5.13. The standard InChI is InChI=1S/C20H18BrF3N2OS/c21-15-11-28-17-8-16(26(18(15)17)10-12-3-1-4-12)19(27)25-9-13-5-2-6-14(7-13)20(22,23)24/h2,5-8,11-12H,1,3-4,9-10H2,(H,25,27). The third kappa shape index (κ3) is 3.85. The lowest BCUT2D eigenvalue weighted by molar-refractivity contribution is -0.137. The molecule has 2 heterocycles. The van der Waals surface area contributed by atoms with E-state index in [2.05, 4.69) is 21.2 Å². The summed E-state index contributed by atoms with van der Waals surface area (Å²) in [6.07, 6.45) is -0.857. The second-order valence-corrected chi connectivity index (χ2v) is 8.88. The molecule has 28 heavy (non-hydrogen) atoms. The molecule has 3 aromatic rings. The van der Waals surface area contributed by atoms with Crippen molar-refractivity contribution in [2.24, 2.45) is 5.92 Å². The van der Waals surface area contributed by atoms with Crippen molar-refractivity contribution in [3.8, 4) is 0 Å². The summed E-state index contributed by atoms with van der Waals surface area (Å²) in [7, 11) is 0. The number of alkyl halides is 3. The highest BCUT2D eigenvalue weighted by Crippen LogP contribution is 2.36. The smallest absolute Gasteiger partial charge is 0.347 e. The normalized spacial score (nSPS) is 15.0. The maximum atomic E-state index is 12.9. The first kappa shape index (κ1) is 19.5. The topological polar surface area (TPSA) is 34.0 Å². The van der Waals surface area contributed by atoms with E-state index in [1.54, 1.807) is 17.4 Å². The number of rotatable bonds is 5. The summed E-state index contributed by atoms with van der Waals surface area (Å²) in [5.41, 5.74) is 1.28. The Labute approximate surface area is 172 Å². The lowest BCUT2D eigenvalue weighted by Crippen LogP contribution is -2.27. The molecule has 4 rings (SSSR count). The van der Waals surface area contributed by atoms with E-state index >= 15 is 0 Å². The van der Waals surface area contributed by atoms with Crippen molar-refractivity contribution < 1.29 is 18.0 Å². The third-order valence-electron chi connectivity index (χ3n) is 5.18. The van der Waals surface area contributed by atoms with E-state index in [1.807, 2.05) is 16.0 Å². The van der Waals surface area contributed by atoms with Gasteiger partial charge in [-0.15, -0.1) is 11.3 Å². The molecule has 148 valence electrons. The van der Waals surface area contributed by atoms with Crippen molar-refractivity contribution in [2.75, 3.05) is 0 Å². The van der Waals surface area contributed by atoms with Gasteiger partial charge in [0.1, 0.15) is 5.69 Å². The van der Waals surface area contributed by atoms with Crippen molar-refractivity contribution >= 4 is 43.4 Å². The van der Waals surface area contributed by atoms with Gasteiger partial charge in [0.15, 0.2) is 0 Å². The zero-order chi connectivity index (χ0) is 19.9. The highest BCUT2D eigenvalue weighted by molar-refractivity contribution is 9.10. The van der Waals surface area contributed by atoms with Gasteiger partial charge in [-0.3, -0.25) is 4.79 Å². The summed E-state index contributed by atoms with van der Waals surface area (Å²) in [5.74, 6) is 0.296. The number of benzene rings is 1. The molecule has 0 bridgehead atoms. The Balaban J connectivity index is 1.55. The van der Waals surface area contributed by atoms with Gasteiger partial charge in [-0.1, -0.05) is 18.6 Å². The molecule has 1 saturated carbocycles. The van der Waals surface area contributed by atoms with E-state index in [4.69, 9.17) is 0 Å². The number of hydrogen-bond donors (Lipinski definition) is 1. The number of aromatic nitrogens is 1. The van der Waals surface area contributed by atoms with Crippen molar-refractivity contribution in [1.29, 1.82) is 0 Å². The van der Waals surface area contributed by atoms with Gasteiger partial charge in [0.05, 0.1) is 20.3 Å². The van der Waals surface area contributed by atoms with E-state index in [9.17, 15) is 18.0 Å². The molecule has 0 atom stereocenters. The lowest BCUT2D eigenvalue weighted by Gasteiger charge is -2.27. The quantitative estimate of drug-likeness (QED) is 0.472. The van der Waals surface area contributed by atoms with Crippen LogP contribution in [0, 0.1) is 5.92 Å². The fourth-order valence-corrected chi connectivity index (χ4v) is 5.17. The highest BCUT2D eigenvalue weighted by atomic mass is 79.9. The molecule has 3 nitrogen and oxygen atoms in total. The Bertz CT molecular complexity index is 1020. The second kappa shape index (κ2) is 7.55. The number of carbonyl (C=O) groups excluding carboxylic acids is 1. The van der Waals surface area contributed by atoms with Crippen LogP contribution < -0.4 is 5.32 Å². The number of nitrogens with zero attached hydrogens (tertiary/aromatic N) is 1. The maximum absolute atomic E-state index is 12.9. The van der Waals surface area contributed by atoms with Gasteiger partial charge in [-0.25, -0.2) is 0 Å². The first-order valence-corrected chi connectivity index (χ1v) is 10.7. The van der Waals surface area contributed by atoms with Crippen LogP contribution in [0.5, 0.6) is 0 Å². The Morgan fingerprint density at radius 3 is 2.75 bits per heavy atom. The maximum Gasteiger partial charge on any atom is 0.416 e. The van der Waals surface area contributed by atoms with Crippen LogP contribution in [0.25, 0.3) is 10.2 Å². The van der Waals surface area contributed by atoms with Crippen LogP contribution in [-0.2, 0) is 19.3 Å². The van der Waals surface area contributed by atoms with Crippen molar-refractivity contribution in [2.45, 2.75) is 38.5 Å². The van der Waals surface area contributed by atoms with Crippen LogP contribution in [0.15, 0.2) is 40.2 Å². The van der Waals surface area contributed by atoms with Gasteiger partial charge < -0.3 is 9.88 Å². The SMILES string of the molecule is O=C(NCc1cccc(C(F)(F)F)c1)c1cc2scc(Br)c2n1CC1CCC1. The second-order valence-electron chi connectivity index (χ2n) is 7.11. The summed E-state index contributed by atoms with van der Waals surface area (Å²) in [6.45, 7) is 0.831. The molecule has 1 fully saturated rings. The molecule has 0 saturated heterocycles. The summed E-state index contributed by atoms with van der Waals surface area (Å²) in [4.78, 5) is 12.8. The molecule has 0 spiro atoms. The van der Waals surface area contributed by atoms with Crippen LogP contribution in [0.2, 0.25) is 0 Å². The monoisotopic (exact) mass is 470 g/mol. The zero-order valence-electron chi connectivity index (χ0n) is 14.9. The third-order valence-corrected chi connectivity index (χ3v) is 7.01. The minimum atomic E-state index is -4.39. The Kier molecular flexibility index (Phi) is 5.26. The molecule has 1 aromatic carbocycles. The van der Waals surface area contributed by atoms with Crippen molar-refractivity contribution in [3.63, 3.8) is 0 Å². The Morgan fingerprint density at radius 1 is 1.29 bits per heavy atom. The van der Waals surface area contributed by atoms with Crippen LogP contribution in [0.1, 0.15) is 40.9 Å². The van der Waals surface area contributed by atoms with Crippen molar-refractivity contribution in [1.82, 2.24) is 9.88 Å². The van der Waals surface area contributed by atoms with Gasteiger partial charge >= 0.3 is 6.18 Å². The number of amides is 1. The molecule has 2 aromatic heterocycles. The Hall–Kier alpha value is -1.80. The fourth-order valence-electron chi connectivity index (χ4n) is 3.47. The summed E-state index contributed by atoms with van der Waals surface area (Å²) in [6, 6.07) is 6.91. The zero-order valence-corrected chi connectivity index (χ0v) is 17.3. The van der Waals surface area contributed by atoms with Gasteiger partial charge in [0.25, 0.3) is 5.91 Å². The molecule has 1 aliphatic carbocycles. The number of carbonyl (C=O) groups is 1. The molecular weight excluding hydrogens is 453 g/mol.